The van der Waals surface area contributed by atoms with E-state index in [-0.39, 0.29) is 11.8 Å². The summed E-state index contributed by atoms with van der Waals surface area (Å²) >= 11 is 0. The molecule has 0 aliphatic rings. The van der Waals surface area contributed by atoms with Gasteiger partial charge in [0.25, 0.3) is 0 Å². The van der Waals surface area contributed by atoms with Crippen LogP contribution >= 0.6 is 0 Å². The maximum Gasteiger partial charge on any atom is 0.191 e. The van der Waals surface area contributed by atoms with Crippen LogP contribution in [0.25, 0.3) is 0 Å². The lowest BCUT2D eigenvalue weighted by molar-refractivity contribution is 0.506. The summed E-state index contributed by atoms with van der Waals surface area (Å²) in [7, 11) is -2.95. The van der Waals surface area contributed by atoms with Crippen LogP contribution in [0.5, 0.6) is 0 Å². The Morgan fingerprint density at radius 1 is 1.48 bits per heavy atom. The fraction of sp³-hybridized carbons (Fsp3) is 0.562. The number of aliphatic imine (C=N–C) groups is 1. The minimum atomic E-state index is -2.95. The molecule has 1 rings (SSSR count). The fourth-order valence-corrected chi connectivity index (χ4v) is 2.60. The average molecular weight is 341 g/mol. The molecule has 1 heterocycles. The smallest absolute Gasteiger partial charge is 0.191 e. The zero-order chi connectivity index (χ0) is 17.3. The van der Waals surface area contributed by atoms with Crippen molar-refractivity contribution in [3.8, 4) is 0 Å². The molecular formula is C16H27N3O3S. The van der Waals surface area contributed by atoms with Gasteiger partial charge in [-0.05, 0) is 32.4 Å². The van der Waals surface area contributed by atoms with Crippen LogP contribution in [0.3, 0.4) is 0 Å². The zero-order valence-electron chi connectivity index (χ0n) is 14.1. The van der Waals surface area contributed by atoms with Gasteiger partial charge in [-0.25, -0.2) is 13.4 Å². The van der Waals surface area contributed by atoms with Crippen molar-refractivity contribution < 1.29 is 12.8 Å². The largest absolute Gasteiger partial charge is 0.469 e. The first-order chi connectivity index (χ1) is 10.8. The van der Waals surface area contributed by atoms with Gasteiger partial charge >= 0.3 is 0 Å². The van der Waals surface area contributed by atoms with E-state index >= 15 is 0 Å². The van der Waals surface area contributed by atoms with Gasteiger partial charge in [0.05, 0.1) is 18.6 Å². The highest BCUT2D eigenvalue weighted by molar-refractivity contribution is 7.90. The third-order valence-electron chi connectivity index (χ3n) is 3.06. The molecule has 0 spiro atoms. The summed E-state index contributed by atoms with van der Waals surface area (Å²) in [5.41, 5.74) is 0.959. The first-order valence-electron chi connectivity index (χ1n) is 7.65. The first kappa shape index (κ1) is 19.3. The molecule has 1 aromatic heterocycles. The molecule has 0 bridgehead atoms. The van der Waals surface area contributed by atoms with Crippen LogP contribution in [0.1, 0.15) is 26.0 Å². The summed E-state index contributed by atoms with van der Waals surface area (Å²) in [5, 5.41) is 6.46. The number of nitrogens with one attached hydrogen (secondary N) is 2. The monoisotopic (exact) mass is 341 g/mol. The van der Waals surface area contributed by atoms with Gasteiger partial charge < -0.3 is 15.1 Å². The van der Waals surface area contributed by atoms with Crippen LogP contribution in [0.4, 0.5) is 0 Å². The van der Waals surface area contributed by atoms with Crippen LogP contribution in [0, 0.1) is 0 Å². The van der Waals surface area contributed by atoms with E-state index in [0.29, 0.717) is 25.5 Å². The maximum atomic E-state index is 11.2. The molecule has 0 aliphatic heterocycles. The van der Waals surface area contributed by atoms with Crippen LogP contribution in [-0.4, -0.2) is 45.5 Å². The number of furan rings is 1. The predicted octanol–water partition coefficient (Wildman–Crippen LogP) is 1.76. The molecular weight excluding hydrogens is 314 g/mol. The minimum Gasteiger partial charge on any atom is -0.469 e. The molecule has 0 aliphatic carbocycles. The van der Waals surface area contributed by atoms with Crippen LogP contribution in [0.15, 0.2) is 40.0 Å². The second kappa shape index (κ2) is 9.39. The van der Waals surface area contributed by atoms with Crippen LogP contribution in [0.2, 0.25) is 0 Å². The van der Waals surface area contributed by atoms with E-state index in [0.717, 1.165) is 17.8 Å². The average Bonchev–Trinajstić information content (AvgIpc) is 2.94. The molecule has 130 valence electrons. The Hall–Kier alpha value is -1.76. The molecule has 0 saturated carbocycles. The maximum absolute atomic E-state index is 11.2. The van der Waals surface area contributed by atoms with Gasteiger partial charge in [-0.15, -0.1) is 0 Å². The summed E-state index contributed by atoms with van der Waals surface area (Å²) in [6.45, 7) is 8.89. The summed E-state index contributed by atoms with van der Waals surface area (Å²) < 4.78 is 27.8. The van der Waals surface area contributed by atoms with Gasteiger partial charge in [0.2, 0.25) is 0 Å². The predicted molar refractivity (Wildman–Crippen MR) is 94.5 cm³/mol. The van der Waals surface area contributed by atoms with Crippen molar-refractivity contribution in [3.63, 3.8) is 0 Å². The minimum absolute atomic E-state index is 0.00436. The van der Waals surface area contributed by atoms with Crippen molar-refractivity contribution in [2.75, 3.05) is 25.1 Å². The van der Waals surface area contributed by atoms with E-state index in [1.165, 1.54) is 6.26 Å². The molecule has 2 N–H and O–H groups in total. The van der Waals surface area contributed by atoms with Crippen molar-refractivity contribution in [2.24, 2.45) is 4.99 Å². The Morgan fingerprint density at radius 2 is 2.22 bits per heavy atom. The van der Waals surface area contributed by atoms with Crippen molar-refractivity contribution in [3.05, 3.63) is 36.3 Å². The summed E-state index contributed by atoms with van der Waals surface area (Å²) in [6.07, 6.45) is 4.18. The number of sulfone groups is 1. The molecule has 6 nitrogen and oxygen atoms in total. The number of rotatable bonds is 9. The fourth-order valence-electron chi connectivity index (χ4n) is 1.82. The lowest BCUT2D eigenvalue weighted by Crippen LogP contribution is -2.43. The molecule has 1 atom stereocenters. The van der Waals surface area contributed by atoms with Crippen molar-refractivity contribution in [1.29, 1.82) is 0 Å². The van der Waals surface area contributed by atoms with Gasteiger partial charge in [0.1, 0.15) is 15.6 Å². The highest BCUT2D eigenvalue weighted by Crippen LogP contribution is 2.00. The lowest BCUT2D eigenvalue weighted by atomic mass is 10.2. The van der Waals surface area contributed by atoms with Gasteiger partial charge in [0.15, 0.2) is 5.96 Å². The van der Waals surface area contributed by atoms with E-state index in [2.05, 4.69) is 22.2 Å². The van der Waals surface area contributed by atoms with Gasteiger partial charge in [-0.2, -0.15) is 0 Å². The molecule has 1 aromatic rings. The Morgan fingerprint density at radius 3 is 2.78 bits per heavy atom. The summed E-state index contributed by atoms with van der Waals surface area (Å²) in [5.74, 6) is 1.71. The Labute approximate surface area is 139 Å². The Balaban J connectivity index is 2.50. The SMILES string of the molecule is C=C(C)CN=C(NCCc1ccco1)NC(C)CCS(C)(=O)=O. The zero-order valence-corrected chi connectivity index (χ0v) is 14.9. The van der Waals surface area contributed by atoms with Gasteiger partial charge in [0, 0.05) is 25.3 Å². The Kier molecular flexibility index (Phi) is 7.88. The second-order valence-electron chi connectivity index (χ2n) is 5.84. The highest BCUT2D eigenvalue weighted by atomic mass is 32.2. The quantitative estimate of drug-likeness (QED) is 0.406. The molecule has 1 unspecified atom stereocenters. The van der Waals surface area contributed by atoms with E-state index < -0.39 is 9.84 Å². The van der Waals surface area contributed by atoms with E-state index in [4.69, 9.17) is 4.42 Å². The normalized spacial score (nSPS) is 13.6. The van der Waals surface area contributed by atoms with E-state index in [9.17, 15) is 8.42 Å². The molecule has 0 aromatic carbocycles. The topological polar surface area (TPSA) is 83.7 Å². The van der Waals surface area contributed by atoms with Crippen molar-refractivity contribution in [1.82, 2.24) is 10.6 Å². The van der Waals surface area contributed by atoms with Crippen LogP contribution in [-0.2, 0) is 16.3 Å². The standard InChI is InChI=1S/C16H27N3O3S/c1-13(2)12-18-16(17-9-7-15-6-5-10-22-15)19-14(3)8-11-23(4,20)21/h5-6,10,14H,1,7-9,11-12H2,2-4H3,(H2,17,18,19). The number of hydrogen-bond donors (Lipinski definition) is 2. The molecule has 0 amide bonds. The number of nitrogens with zero attached hydrogens (tertiary/aromatic N) is 1. The second-order valence-corrected chi connectivity index (χ2v) is 8.10. The Bertz CT molecular complexity index is 607. The lowest BCUT2D eigenvalue weighted by Gasteiger charge is -2.18. The van der Waals surface area contributed by atoms with Gasteiger partial charge in [-0.3, -0.25) is 0 Å². The van der Waals surface area contributed by atoms with E-state index in [1.807, 2.05) is 26.0 Å². The summed E-state index contributed by atoms with van der Waals surface area (Å²) in [4.78, 5) is 4.44. The number of hydrogen-bond acceptors (Lipinski definition) is 4. The molecule has 0 radical (unpaired) electrons. The van der Waals surface area contributed by atoms with Crippen molar-refractivity contribution in [2.45, 2.75) is 32.7 Å². The molecule has 0 fully saturated rings. The third kappa shape index (κ3) is 9.78. The molecule has 23 heavy (non-hydrogen) atoms. The number of guanidine groups is 1. The van der Waals surface area contributed by atoms with Gasteiger partial charge in [-0.1, -0.05) is 12.2 Å². The molecule has 0 saturated heterocycles. The van der Waals surface area contributed by atoms with E-state index in [1.54, 1.807) is 6.26 Å². The third-order valence-corrected chi connectivity index (χ3v) is 4.03. The van der Waals surface area contributed by atoms with Crippen LogP contribution < -0.4 is 10.6 Å². The molecule has 7 heteroatoms. The first-order valence-corrected chi connectivity index (χ1v) is 9.71. The summed E-state index contributed by atoms with van der Waals surface area (Å²) in [6, 6.07) is 3.79. The van der Waals surface area contributed by atoms with Crippen molar-refractivity contribution >= 4 is 15.8 Å². The highest BCUT2D eigenvalue weighted by Gasteiger charge is 2.10.